The quantitative estimate of drug-likeness (QED) is 0.102. The molecule has 0 fully saturated rings. The Hall–Kier alpha value is 0.499. The van der Waals surface area contributed by atoms with Crippen LogP contribution in [0, 0.1) is 0 Å². The maximum atomic E-state index is 2.55. The van der Waals surface area contributed by atoms with Gasteiger partial charge in [-0.05, 0) is 0 Å². The summed E-state index contributed by atoms with van der Waals surface area (Å²) >= 11 is 1.76. The molecule has 30 heavy (non-hydrogen) atoms. The second kappa shape index (κ2) is 21.3. The summed E-state index contributed by atoms with van der Waals surface area (Å²) in [5.74, 6) is 0. The zero-order chi connectivity index (χ0) is 21.7. The standard InChI is InChI=1S/C24H43S.C4H9.Sn/c1-2-3-4-5-6-7-8-9-10-11-12-13-14-15-16-17-18-19-20-24-21-22-25-23-24;1-3-4-2;/h21,23H,2-20H2,1H3;3H,4H2,1-2H3;. The first kappa shape index (κ1) is 28.5. The normalized spacial score (nSPS) is 12.5. The fraction of sp³-hybridized carbons (Fsp3) is 0.857. The van der Waals surface area contributed by atoms with E-state index >= 15 is 0 Å². The Bertz CT molecular complexity index is 467. The van der Waals surface area contributed by atoms with Crippen molar-refractivity contribution >= 4 is 35.4 Å². The van der Waals surface area contributed by atoms with Crippen LogP contribution in [0.25, 0.3) is 0 Å². The first-order chi connectivity index (χ1) is 14.8. The van der Waals surface area contributed by atoms with Crippen molar-refractivity contribution in [2.45, 2.75) is 153 Å². The Morgan fingerprint density at radius 3 is 1.53 bits per heavy atom. The van der Waals surface area contributed by atoms with Crippen LogP contribution < -0.4 is 2.89 Å². The maximum absolute atomic E-state index is 2.55. The number of aryl methyl sites for hydroxylation is 1. The molecule has 1 atom stereocenters. The van der Waals surface area contributed by atoms with Gasteiger partial charge in [0.1, 0.15) is 0 Å². The van der Waals surface area contributed by atoms with Crippen molar-refractivity contribution in [2.24, 2.45) is 0 Å². The van der Waals surface area contributed by atoms with E-state index in [1.54, 1.807) is 8.46 Å². The molecule has 1 heterocycles. The molecule has 0 aliphatic rings. The van der Waals surface area contributed by atoms with Crippen LogP contribution in [0.2, 0.25) is 3.93 Å². The Morgan fingerprint density at radius 2 is 1.10 bits per heavy atom. The summed E-state index contributed by atoms with van der Waals surface area (Å²) in [5, 5.41) is 2.45. The molecule has 1 rings (SSSR count). The van der Waals surface area contributed by atoms with Gasteiger partial charge < -0.3 is 0 Å². The van der Waals surface area contributed by atoms with E-state index < -0.39 is 0 Å². The van der Waals surface area contributed by atoms with Crippen LogP contribution in [0.4, 0.5) is 0 Å². The van der Waals surface area contributed by atoms with Crippen LogP contribution in [0.1, 0.15) is 148 Å². The zero-order valence-corrected chi connectivity index (χ0v) is 24.5. The predicted octanol–water partition coefficient (Wildman–Crippen LogP) is 9.88. The molecule has 0 aliphatic carbocycles. The Kier molecular flexibility index (Phi) is 20.3. The monoisotopic (exact) mass is 540 g/mol. The summed E-state index contributed by atoms with van der Waals surface area (Å²) in [6, 6.07) is 2.55. The van der Waals surface area contributed by atoms with E-state index in [0.717, 1.165) is 3.93 Å². The molecular formula is C28H52SSn. The number of unbranched alkanes of at least 4 members (excludes halogenated alkanes) is 17. The second-order valence-corrected chi connectivity index (χ2v) is 16.7. The fourth-order valence-corrected chi connectivity index (χ4v) is 10.1. The SMILES string of the molecule is CCCCCCCCCCCCCCCCCCCCc1cs[c]([Sn][CH](C)CC)c1. The zero-order valence-electron chi connectivity index (χ0n) is 20.8. The topological polar surface area (TPSA) is 0 Å². The molecule has 0 nitrogen and oxygen atoms in total. The van der Waals surface area contributed by atoms with Crippen LogP contribution in [0.5, 0.6) is 0 Å². The average molecular weight is 540 g/mol. The van der Waals surface area contributed by atoms with Gasteiger partial charge >= 0.3 is 134 Å². The van der Waals surface area contributed by atoms with E-state index in [-0.39, 0.29) is 21.1 Å². The van der Waals surface area contributed by atoms with Gasteiger partial charge in [-0.15, -0.1) is 0 Å². The number of hydrogen-bond acceptors (Lipinski definition) is 1. The average Bonchev–Trinajstić information content (AvgIpc) is 3.19. The van der Waals surface area contributed by atoms with Crippen molar-refractivity contribution < 1.29 is 0 Å². The molecule has 1 unspecified atom stereocenters. The van der Waals surface area contributed by atoms with Crippen molar-refractivity contribution in [1.82, 2.24) is 0 Å². The van der Waals surface area contributed by atoms with Crippen molar-refractivity contribution in [2.75, 3.05) is 0 Å². The molecule has 174 valence electrons. The fourth-order valence-electron chi connectivity index (χ4n) is 4.16. The summed E-state index contributed by atoms with van der Waals surface area (Å²) in [6.45, 7) is 7.10. The van der Waals surface area contributed by atoms with Gasteiger partial charge in [-0.2, -0.15) is 0 Å². The van der Waals surface area contributed by atoms with Gasteiger partial charge in [0.25, 0.3) is 0 Å². The Labute approximate surface area is 204 Å². The molecule has 0 aromatic carbocycles. The molecule has 0 saturated heterocycles. The van der Waals surface area contributed by atoms with Gasteiger partial charge in [0.15, 0.2) is 0 Å². The predicted molar refractivity (Wildman–Crippen MR) is 142 cm³/mol. The molecular weight excluding hydrogens is 487 g/mol. The van der Waals surface area contributed by atoms with Gasteiger partial charge in [-0.1, -0.05) is 71.1 Å². The van der Waals surface area contributed by atoms with E-state index in [0.29, 0.717) is 0 Å². The van der Waals surface area contributed by atoms with Gasteiger partial charge in [0.2, 0.25) is 0 Å². The third kappa shape index (κ3) is 17.1. The molecule has 1 aromatic rings. The first-order valence-corrected chi connectivity index (χ1v) is 17.6. The first-order valence-electron chi connectivity index (χ1n) is 13.6. The molecule has 0 amide bonds. The van der Waals surface area contributed by atoms with E-state index in [1.165, 1.54) is 128 Å². The van der Waals surface area contributed by atoms with Crippen molar-refractivity contribution in [3.05, 3.63) is 17.0 Å². The number of thiophene rings is 1. The number of rotatable bonds is 22. The summed E-state index contributed by atoms with van der Waals surface area (Å²) in [6.07, 6.45) is 29.0. The van der Waals surface area contributed by atoms with E-state index in [4.69, 9.17) is 0 Å². The van der Waals surface area contributed by atoms with Gasteiger partial charge in [-0.3, -0.25) is 0 Å². The van der Waals surface area contributed by atoms with Gasteiger partial charge in [-0.25, -0.2) is 0 Å². The van der Waals surface area contributed by atoms with E-state index in [1.807, 2.05) is 0 Å². The molecule has 0 aliphatic heterocycles. The Morgan fingerprint density at radius 1 is 0.667 bits per heavy atom. The van der Waals surface area contributed by atoms with Crippen LogP contribution >= 0.6 is 11.3 Å². The molecule has 1 aromatic heterocycles. The summed E-state index contributed by atoms with van der Waals surface area (Å²) in [4.78, 5) is 0. The Balaban J connectivity index is 1.78. The van der Waals surface area contributed by atoms with Crippen molar-refractivity contribution in [3.8, 4) is 0 Å². The summed E-state index contributed by atoms with van der Waals surface area (Å²) in [5.41, 5.74) is 1.63. The molecule has 0 spiro atoms. The third-order valence-electron chi connectivity index (χ3n) is 6.47. The van der Waals surface area contributed by atoms with Crippen molar-refractivity contribution in [1.29, 1.82) is 0 Å². The molecule has 2 radical (unpaired) electrons. The van der Waals surface area contributed by atoms with E-state index in [2.05, 4.69) is 43.6 Å². The van der Waals surface area contributed by atoms with Crippen LogP contribution in [0.3, 0.4) is 0 Å². The van der Waals surface area contributed by atoms with E-state index in [9.17, 15) is 0 Å². The minimum atomic E-state index is -0.294. The third-order valence-corrected chi connectivity index (χ3v) is 12.9. The van der Waals surface area contributed by atoms with Crippen molar-refractivity contribution in [3.63, 3.8) is 0 Å². The summed E-state index contributed by atoms with van der Waals surface area (Å²) in [7, 11) is 0. The molecule has 0 saturated carbocycles. The van der Waals surface area contributed by atoms with Gasteiger partial charge in [0, 0.05) is 0 Å². The number of hydrogen-bond donors (Lipinski definition) is 0. The minimum absolute atomic E-state index is 0.294. The molecule has 0 bridgehead atoms. The summed E-state index contributed by atoms with van der Waals surface area (Å²) < 4.78 is 2.77. The van der Waals surface area contributed by atoms with Crippen LogP contribution in [-0.4, -0.2) is 21.1 Å². The van der Waals surface area contributed by atoms with Crippen LogP contribution in [-0.2, 0) is 6.42 Å². The second-order valence-electron chi connectivity index (χ2n) is 9.53. The molecule has 2 heteroatoms. The van der Waals surface area contributed by atoms with Gasteiger partial charge in [0.05, 0.1) is 0 Å². The van der Waals surface area contributed by atoms with Crippen LogP contribution in [0.15, 0.2) is 11.4 Å². The molecule has 0 N–H and O–H groups in total.